The lowest BCUT2D eigenvalue weighted by molar-refractivity contribution is -0.140. The molecule has 0 spiro atoms. The number of carbonyl (C=O) groups is 3. The third-order valence-electron chi connectivity index (χ3n) is 6.44. The molecule has 5 nitrogen and oxygen atoms in total. The van der Waals surface area contributed by atoms with Crippen LogP contribution in [0.3, 0.4) is 0 Å². The molecule has 1 aliphatic heterocycles. The molecular formula is C20H19IN2O3. The number of allylic oxidation sites excluding steroid dienone is 2. The summed E-state index contributed by atoms with van der Waals surface area (Å²) in [6, 6.07) is 7.52. The number of nitrogens with one attached hydrogen (secondary N) is 1. The third kappa shape index (κ3) is 2.45. The van der Waals surface area contributed by atoms with Gasteiger partial charge in [0.2, 0.25) is 17.7 Å². The highest BCUT2D eigenvalue weighted by Crippen LogP contribution is 2.65. The van der Waals surface area contributed by atoms with Crippen molar-refractivity contribution in [2.45, 2.75) is 12.8 Å². The van der Waals surface area contributed by atoms with E-state index >= 15 is 0 Å². The fraction of sp³-hybridized carbons (Fsp3) is 0.450. The highest BCUT2D eigenvalue weighted by molar-refractivity contribution is 14.1. The van der Waals surface area contributed by atoms with E-state index in [9.17, 15) is 14.4 Å². The lowest BCUT2D eigenvalue weighted by Crippen LogP contribution is -2.40. The van der Waals surface area contributed by atoms with Crippen LogP contribution in [0, 0.1) is 39.1 Å². The molecule has 2 bridgehead atoms. The van der Waals surface area contributed by atoms with Gasteiger partial charge in [0.15, 0.2) is 0 Å². The number of halogens is 1. The highest BCUT2D eigenvalue weighted by atomic mass is 127. The van der Waals surface area contributed by atoms with Crippen molar-refractivity contribution < 1.29 is 14.4 Å². The van der Waals surface area contributed by atoms with Gasteiger partial charge in [-0.25, -0.2) is 0 Å². The van der Waals surface area contributed by atoms with Gasteiger partial charge in [0.05, 0.1) is 11.8 Å². The number of nitrogens with zero attached hydrogens (tertiary/aromatic N) is 1. The van der Waals surface area contributed by atoms with Crippen molar-refractivity contribution in [2.24, 2.45) is 35.5 Å². The second-order valence-electron chi connectivity index (χ2n) is 7.79. The van der Waals surface area contributed by atoms with Crippen LogP contribution in [0.4, 0.5) is 5.69 Å². The zero-order valence-electron chi connectivity index (χ0n) is 14.1. The number of likely N-dealkylation sites (tertiary alicyclic amines) is 1. The first-order chi connectivity index (χ1) is 12.5. The second kappa shape index (κ2) is 5.90. The standard InChI is InChI=1S/C20H19IN2O3/c21-10-1-3-11(4-2-10)22-16(24)7-8-23-19(25)17-12-5-6-13(15-9-14(12)15)18(17)20(23)26/h1-6,12-15,17-18H,7-9H2,(H,22,24)/t12-,13-,14-,15-,17+,18+/m0/s1. The summed E-state index contributed by atoms with van der Waals surface area (Å²) < 4.78 is 1.10. The maximum absolute atomic E-state index is 12.9. The van der Waals surface area contributed by atoms with Gasteiger partial charge in [-0.3, -0.25) is 19.3 Å². The summed E-state index contributed by atoms with van der Waals surface area (Å²) in [5.74, 6) is 1.01. The van der Waals surface area contributed by atoms with Gasteiger partial charge in [-0.2, -0.15) is 0 Å². The van der Waals surface area contributed by atoms with Crippen molar-refractivity contribution in [2.75, 3.05) is 11.9 Å². The van der Waals surface area contributed by atoms with Crippen LogP contribution in [0.5, 0.6) is 0 Å². The molecule has 1 N–H and O–H groups in total. The number of benzene rings is 1. The van der Waals surface area contributed by atoms with Crippen LogP contribution in [0.1, 0.15) is 12.8 Å². The first kappa shape index (κ1) is 16.5. The van der Waals surface area contributed by atoms with E-state index in [4.69, 9.17) is 0 Å². The van der Waals surface area contributed by atoms with Gasteiger partial charge >= 0.3 is 0 Å². The summed E-state index contributed by atoms with van der Waals surface area (Å²) in [5.41, 5.74) is 0.727. The minimum Gasteiger partial charge on any atom is -0.326 e. The van der Waals surface area contributed by atoms with Crippen LogP contribution in [0.25, 0.3) is 0 Å². The van der Waals surface area contributed by atoms with Crippen LogP contribution < -0.4 is 5.32 Å². The summed E-state index contributed by atoms with van der Waals surface area (Å²) >= 11 is 2.21. The van der Waals surface area contributed by atoms with Crippen molar-refractivity contribution in [1.82, 2.24) is 4.90 Å². The van der Waals surface area contributed by atoms with Crippen LogP contribution in [-0.2, 0) is 14.4 Å². The molecule has 1 saturated heterocycles. The number of rotatable bonds is 4. The quantitative estimate of drug-likeness (QED) is 0.425. The molecule has 134 valence electrons. The summed E-state index contributed by atoms with van der Waals surface area (Å²) in [6.45, 7) is 0.176. The number of carbonyl (C=O) groups excluding carboxylic acids is 3. The molecule has 0 aromatic heterocycles. The highest BCUT2D eigenvalue weighted by Gasteiger charge is 2.66. The number of hydrogen-bond donors (Lipinski definition) is 1. The third-order valence-corrected chi connectivity index (χ3v) is 7.16. The maximum atomic E-state index is 12.9. The van der Waals surface area contributed by atoms with E-state index in [0.717, 1.165) is 15.7 Å². The van der Waals surface area contributed by atoms with Crippen LogP contribution in [-0.4, -0.2) is 29.2 Å². The summed E-state index contributed by atoms with van der Waals surface area (Å²) in [5, 5.41) is 2.83. The smallest absolute Gasteiger partial charge is 0.233 e. The largest absolute Gasteiger partial charge is 0.326 e. The van der Waals surface area contributed by atoms with Gasteiger partial charge in [0, 0.05) is 22.2 Å². The van der Waals surface area contributed by atoms with E-state index < -0.39 is 0 Å². The van der Waals surface area contributed by atoms with Gasteiger partial charge < -0.3 is 5.32 Å². The minimum absolute atomic E-state index is 0.0632. The minimum atomic E-state index is -0.180. The van der Waals surface area contributed by atoms with E-state index in [1.54, 1.807) is 0 Å². The molecule has 1 heterocycles. The SMILES string of the molecule is O=C(CCN1C(=O)[C@@H]2[C@H]3C=C[C@@H]([C@@H]4C[C@@H]34)[C@H]2C1=O)Nc1ccc(I)cc1. The predicted octanol–water partition coefficient (Wildman–Crippen LogP) is 2.67. The Morgan fingerprint density at radius 3 is 2.19 bits per heavy atom. The number of amides is 3. The molecule has 0 radical (unpaired) electrons. The van der Waals surface area contributed by atoms with Gasteiger partial charge in [0.25, 0.3) is 0 Å². The molecule has 26 heavy (non-hydrogen) atoms. The van der Waals surface area contributed by atoms with Crippen molar-refractivity contribution >= 4 is 46.0 Å². The van der Waals surface area contributed by atoms with Gasteiger partial charge in [-0.1, -0.05) is 12.2 Å². The van der Waals surface area contributed by atoms with Crippen molar-refractivity contribution in [1.29, 1.82) is 0 Å². The average molecular weight is 462 g/mol. The Hall–Kier alpha value is -1.70. The Morgan fingerprint density at radius 2 is 1.62 bits per heavy atom. The molecule has 3 amide bonds. The Kier molecular flexibility index (Phi) is 3.74. The number of anilines is 1. The second-order valence-corrected chi connectivity index (χ2v) is 9.03. The normalized spacial score (nSPS) is 36.1. The van der Waals surface area contributed by atoms with E-state index in [1.165, 1.54) is 4.90 Å². The Balaban J connectivity index is 1.24. The molecule has 1 aromatic carbocycles. The van der Waals surface area contributed by atoms with Crippen LogP contribution in [0.15, 0.2) is 36.4 Å². The van der Waals surface area contributed by atoms with Crippen molar-refractivity contribution in [3.8, 4) is 0 Å². The summed E-state index contributed by atoms with van der Waals surface area (Å²) in [4.78, 5) is 39.3. The summed E-state index contributed by atoms with van der Waals surface area (Å²) in [6.07, 6.45) is 5.63. The fourth-order valence-electron chi connectivity index (χ4n) is 5.21. The van der Waals surface area contributed by atoms with Gasteiger partial charge in [-0.15, -0.1) is 0 Å². The fourth-order valence-corrected chi connectivity index (χ4v) is 5.57. The average Bonchev–Trinajstić information content (AvgIpc) is 3.41. The first-order valence-corrected chi connectivity index (χ1v) is 10.2. The van der Waals surface area contributed by atoms with E-state index in [-0.39, 0.29) is 54.4 Å². The van der Waals surface area contributed by atoms with Crippen LogP contribution in [0.2, 0.25) is 0 Å². The topological polar surface area (TPSA) is 66.5 Å². The molecular weight excluding hydrogens is 443 g/mol. The molecule has 6 atom stereocenters. The lowest BCUT2D eigenvalue weighted by Gasteiger charge is -2.37. The van der Waals surface area contributed by atoms with E-state index in [2.05, 4.69) is 40.1 Å². The zero-order chi connectivity index (χ0) is 18.0. The van der Waals surface area contributed by atoms with Crippen molar-refractivity contribution in [3.63, 3.8) is 0 Å². The Bertz CT molecular complexity index is 798. The van der Waals surface area contributed by atoms with Gasteiger partial charge in [0.1, 0.15) is 0 Å². The summed E-state index contributed by atoms with van der Waals surface area (Å²) in [7, 11) is 0. The molecule has 6 heteroatoms. The Labute approximate surface area is 165 Å². The lowest BCUT2D eigenvalue weighted by atomic mass is 9.63. The molecule has 4 aliphatic carbocycles. The molecule has 3 fully saturated rings. The monoisotopic (exact) mass is 462 g/mol. The van der Waals surface area contributed by atoms with Crippen molar-refractivity contribution in [3.05, 3.63) is 40.0 Å². The molecule has 6 rings (SSSR count). The number of hydrogen-bond acceptors (Lipinski definition) is 3. The molecule has 2 saturated carbocycles. The molecule has 0 unspecified atom stereocenters. The first-order valence-electron chi connectivity index (χ1n) is 9.13. The predicted molar refractivity (Wildman–Crippen MR) is 104 cm³/mol. The molecule has 5 aliphatic rings. The van der Waals surface area contributed by atoms with Crippen LogP contribution >= 0.6 is 22.6 Å². The Morgan fingerprint density at radius 1 is 1.04 bits per heavy atom. The zero-order valence-corrected chi connectivity index (χ0v) is 16.3. The van der Waals surface area contributed by atoms with E-state index in [1.807, 2.05) is 24.3 Å². The maximum Gasteiger partial charge on any atom is 0.233 e. The van der Waals surface area contributed by atoms with Gasteiger partial charge in [-0.05, 0) is 76.9 Å². The molecule has 1 aromatic rings. The number of imide groups is 1. The van der Waals surface area contributed by atoms with E-state index in [0.29, 0.717) is 11.8 Å².